The fourth-order valence-corrected chi connectivity index (χ4v) is 2.13. The summed E-state index contributed by atoms with van der Waals surface area (Å²) in [5.41, 5.74) is -0.119. The first-order valence-corrected chi connectivity index (χ1v) is 7.09. The van der Waals surface area contributed by atoms with Crippen LogP contribution in [0.15, 0.2) is 42.5 Å². The molecule has 2 aromatic carbocycles. The Kier molecular flexibility index (Phi) is 5.43. The Hall–Kier alpha value is -3.29. The highest BCUT2D eigenvalue weighted by molar-refractivity contribution is 5.96. The van der Waals surface area contributed by atoms with E-state index in [0.717, 1.165) is 18.2 Å². The summed E-state index contributed by atoms with van der Waals surface area (Å²) >= 11 is 0. The van der Waals surface area contributed by atoms with Crippen LogP contribution in [0.5, 0.6) is 0 Å². The Morgan fingerprint density at radius 2 is 1.64 bits per heavy atom. The smallest absolute Gasteiger partial charge is 0.335 e. The summed E-state index contributed by atoms with van der Waals surface area (Å²) in [6, 6.07) is 7.02. The highest BCUT2D eigenvalue weighted by atomic mass is 19.2. The molecule has 0 saturated heterocycles. The van der Waals surface area contributed by atoms with Gasteiger partial charge in [0.05, 0.1) is 11.1 Å². The normalized spacial score (nSPS) is 11.6. The van der Waals surface area contributed by atoms with Crippen LogP contribution in [-0.4, -0.2) is 34.1 Å². The topological polar surface area (TPSA) is 104 Å². The van der Waals surface area contributed by atoms with E-state index >= 15 is 0 Å². The SMILES string of the molecule is O=C(O)c1ccc(C[C@@H](NC(=O)c2cccc(F)c2F)C(=O)O)cc1. The van der Waals surface area contributed by atoms with E-state index in [1.165, 1.54) is 24.3 Å². The number of halogens is 2. The number of benzene rings is 2. The quantitative estimate of drug-likeness (QED) is 0.741. The fourth-order valence-electron chi connectivity index (χ4n) is 2.13. The summed E-state index contributed by atoms with van der Waals surface area (Å²) in [5, 5.41) is 20.2. The lowest BCUT2D eigenvalue weighted by Gasteiger charge is -2.15. The van der Waals surface area contributed by atoms with Crippen LogP contribution in [0.2, 0.25) is 0 Å². The van der Waals surface area contributed by atoms with Crippen LogP contribution in [0.3, 0.4) is 0 Å². The van der Waals surface area contributed by atoms with Gasteiger partial charge in [0.1, 0.15) is 6.04 Å². The number of aliphatic carboxylic acids is 1. The van der Waals surface area contributed by atoms with Crippen LogP contribution < -0.4 is 5.32 Å². The molecule has 0 aromatic heterocycles. The molecule has 1 amide bonds. The van der Waals surface area contributed by atoms with Crippen molar-refractivity contribution in [2.45, 2.75) is 12.5 Å². The zero-order valence-corrected chi connectivity index (χ0v) is 12.7. The first kappa shape index (κ1) is 18.1. The Balaban J connectivity index is 2.15. The van der Waals surface area contributed by atoms with Gasteiger partial charge in [-0.05, 0) is 29.8 Å². The van der Waals surface area contributed by atoms with E-state index < -0.39 is 41.1 Å². The summed E-state index contributed by atoms with van der Waals surface area (Å²) in [7, 11) is 0. The van der Waals surface area contributed by atoms with Gasteiger partial charge in [-0.1, -0.05) is 18.2 Å². The second-order valence-electron chi connectivity index (χ2n) is 5.17. The minimum absolute atomic E-state index is 0.0292. The number of hydrogen-bond acceptors (Lipinski definition) is 3. The van der Waals surface area contributed by atoms with Crippen LogP contribution in [-0.2, 0) is 11.2 Å². The second kappa shape index (κ2) is 7.52. The van der Waals surface area contributed by atoms with E-state index in [1.54, 1.807) is 0 Å². The molecule has 0 heterocycles. The summed E-state index contributed by atoms with van der Waals surface area (Å²) in [5.74, 6) is -6.14. The van der Waals surface area contributed by atoms with Gasteiger partial charge in [-0.3, -0.25) is 4.79 Å². The number of nitrogens with one attached hydrogen (secondary N) is 1. The van der Waals surface area contributed by atoms with Gasteiger partial charge in [0.2, 0.25) is 0 Å². The van der Waals surface area contributed by atoms with Gasteiger partial charge >= 0.3 is 11.9 Å². The molecule has 2 aromatic rings. The number of carboxylic acid groups (broad SMARTS) is 2. The lowest BCUT2D eigenvalue weighted by Crippen LogP contribution is -2.42. The van der Waals surface area contributed by atoms with E-state index in [0.29, 0.717) is 5.56 Å². The first-order chi connectivity index (χ1) is 11.8. The molecule has 0 spiro atoms. The molecule has 0 fully saturated rings. The van der Waals surface area contributed by atoms with Gasteiger partial charge in [-0.15, -0.1) is 0 Å². The van der Waals surface area contributed by atoms with Crippen LogP contribution in [0.1, 0.15) is 26.3 Å². The van der Waals surface area contributed by atoms with E-state index in [9.17, 15) is 28.3 Å². The number of carbonyl (C=O) groups is 3. The number of carbonyl (C=O) groups excluding carboxylic acids is 1. The average molecular weight is 349 g/mol. The number of hydrogen-bond donors (Lipinski definition) is 3. The Labute approximate surface area is 140 Å². The minimum Gasteiger partial charge on any atom is -0.480 e. The molecule has 0 saturated carbocycles. The fraction of sp³-hybridized carbons (Fsp3) is 0.118. The van der Waals surface area contributed by atoms with Gasteiger partial charge in [0.25, 0.3) is 5.91 Å². The molecule has 0 unspecified atom stereocenters. The van der Waals surface area contributed by atoms with E-state index in [4.69, 9.17) is 5.11 Å². The highest BCUT2D eigenvalue weighted by Gasteiger charge is 2.23. The van der Waals surface area contributed by atoms with Crippen molar-refractivity contribution in [3.05, 3.63) is 70.8 Å². The highest BCUT2D eigenvalue weighted by Crippen LogP contribution is 2.12. The van der Waals surface area contributed by atoms with Crippen molar-refractivity contribution in [2.75, 3.05) is 0 Å². The number of rotatable bonds is 6. The van der Waals surface area contributed by atoms with Crippen molar-refractivity contribution in [1.82, 2.24) is 5.32 Å². The van der Waals surface area contributed by atoms with Crippen molar-refractivity contribution in [3.8, 4) is 0 Å². The van der Waals surface area contributed by atoms with Crippen LogP contribution in [0.25, 0.3) is 0 Å². The summed E-state index contributed by atoms with van der Waals surface area (Å²) in [4.78, 5) is 34.1. The summed E-state index contributed by atoms with van der Waals surface area (Å²) < 4.78 is 26.8. The molecule has 1 atom stereocenters. The molecule has 0 aliphatic heterocycles. The molecule has 130 valence electrons. The Bertz CT molecular complexity index is 820. The average Bonchev–Trinajstić information content (AvgIpc) is 2.57. The third kappa shape index (κ3) is 4.37. The summed E-state index contributed by atoms with van der Waals surface area (Å²) in [6.07, 6.45) is -0.155. The molecule has 0 radical (unpaired) electrons. The molecule has 8 heteroatoms. The standard InChI is InChI=1S/C17H13F2NO5/c18-12-3-1-2-11(14(12)19)15(21)20-13(17(24)25)8-9-4-6-10(7-5-9)16(22)23/h1-7,13H,8H2,(H,20,21)(H,22,23)(H,24,25)/t13-/m1/s1. The molecular formula is C17H13F2NO5. The third-order valence-electron chi connectivity index (χ3n) is 3.44. The molecule has 0 aliphatic rings. The largest absolute Gasteiger partial charge is 0.480 e. The molecule has 6 nitrogen and oxygen atoms in total. The molecule has 0 aliphatic carbocycles. The second-order valence-corrected chi connectivity index (χ2v) is 5.17. The molecule has 0 bridgehead atoms. The molecule has 2 rings (SSSR count). The van der Waals surface area contributed by atoms with Gasteiger partial charge in [-0.25, -0.2) is 18.4 Å². The lowest BCUT2D eigenvalue weighted by molar-refractivity contribution is -0.139. The molecule has 3 N–H and O–H groups in total. The van der Waals surface area contributed by atoms with Crippen LogP contribution >= 0.6 is 0 Å². The number of amides is 1. The molecule has 25 heavy (non-hydrogen) atoms. The Morgan fingerprint density at radius 3 is 2.20 bits per heavy atom. The zero-order chi connectivity index (χ0) is 18.6. The van der Waals surface area contributed by atoms with Crippen molar-refractivity contribution >= 4 is 17.8 Å². The maximum absolute atomic E-state index is 13.6. The predicted molar refractivity (Wildman–Crippen MR) is 82.4 cm³/mol. The van der Waals surface area contributed by atoms with Gasteiger partial charge in [0.15, 0.2) is 11.6 Å². The minimum atomic E-state index is -1.40. The molecular weight excluding hydrogens is 336 g/mol. The zero-order valence-electron chi connectivity index (χ0n) is 12.7. The van der Waals surface area contributed by atoms with Gasteiger partial charge in [0, 0.05) is 6.42 Å². The van der Waals surface area contributed by atoms with E-state index in [1.807, 2.05) is 0 Å². The van der Waals surface area contributed by atoms with Gasteiger partial charge < -0.3 is 15.5 Å². The maximum Gasteiger partial charge on any atom is 0.335 e. The van der Waals surface area contributed by atoms with Crippen molar-refractivity contribution in [3.63, 3.8) is 0 Å². The van der Waals surface area contributed by atoms with E-state index in [-0.39, 0.29) is 12.0 Å². The van der Waals surface area contributed by atoms with Crippen molar-refractivity contribution < 1.29 is 33.4 Å². The number of aromatic carboxylic acids is 1. The lowest BCUT2D eigenvalue weighted by atomic mass is 10.0. The van der Waals surface area contributed by atoms with Crippen molar-refractivity contribution in [1.29, 1.82) is 0 Å². The number of carboxylic acids is 2. The van der Waals surface area contributed by atoms with E-state index in [2.05, 4.69) is 5.32 Å². The Morgan fingerprint density at radius 1 is 1.00 bits per heavy atom. The summed E-state index contributed by atoms with van der Waals surface area (Å²) in [6.45, 7) is 0. The monoisotopic (exact) mass is 349 g/mol. The van der Waals surface area contributed by atoms with Crippen molar-refractivity contribution in [2.24, 2.45) is 0 Å². The van der Waals surface area contributed by atoms with Crippen LogP contribution in [0, 0.1) is 11.6 Å². The van der Waals surface area contributed by atoms with Gasteiger partial charge in [-0.2, -0.15) is 0 Å². The van der Waals surface area contributed by atoms with Crippen LogP contribution in [0.4, 0.5) is 8.78 Å². The third-order valence-corrected chi connectivity index (χ3v) is 3.44. The predicted octanol–water partition coefficient (Wildman–Crippen LogP) is 2.09. The first-order valence-electron chi connectivity index (χ1n) is 7.09. The maximum atomic E-state index is 13.6.